The van der Waals surface area contributed by atoms with Gasteiger partial charge in [-0.1, -0.05) is 30.7 Å². The van der Waals surface area contributed by atoms with Gasteiger partial charge in [-0.05, 0) is 56.5 Å². The third kappa shape index (κ3) is 3.47. The summed E-state index contributed by atoms with van der Waals surface area (Å²) >= 11 is 5.88. The minimum absolute atomic E-state index is 0.696. The normalized spacial score (nSPS) is 21.8. The third-order valence-electron chi connectivity index (χ3n) is 3.87. The summed E-state index contributed by atoms with van der Waals surface area (Å²) in [6.45, 7) is 7.06. The van der Waals surface area contributed by atoms with Crippen LogP contribution in [0.2, 0.25) is 5.02 Å². The summed E-state index contributed by atoms with van der Waals surface area (Å²) in [7, 11) is 0. The lowest BCUT2D eigenvalue weighted by Crippen LogP contribution is -2.42. The van der Waals surface area contributed by atoms with Crippen molar-refractivity contribution in [2.45, 2.75) is 32.3 Å². The molecular weight excluding hydrogens is 246 g/mol. The van der Waals surface area contributed by atoms with Crippen molar-refractivity contribution < 1.29 is 5.11 Å². The molecule has 3 heteroatoms. The molecule has 1 N–H and O–H groups in total. The van der Waals surface area contributed by atoms with E-state index in [-0.39, 0.29) is 0 Å². The molecule has 1 heterocycles. The molecule has 1 saturated heterocycles. The van der Waals surface area contributed by atoms with Crippen LogP contribution in [0.25, 0.3) is 0 Å². The fourth-order valence-electron chi connectivity index (χ4n) is 2.56. The van der Waals surface area contributed by atoms with Crippen LogP contribution in [0.5, 0.6) is 0 Å². The molecule has 0 aromatic heterocycles. The zero-order valence-corrected chi connectivity index (χ0v) is 12.0. The second-order valence-corrected chi connectivity index (χ2v) is 6.18. The van der Waals surface area contributed by atoms with Gasteiger partial charge in [0.2, 0.25) is 0 Å². The highest BCUT2D eigenvalue weighted by Crippen LogP contribution is 2.25. The van der Waals surface area contributed by atoms with E-state index in [1.54, 1.807) is 0 Å². The summed E-state index contributed by atoms with van der Waals surface area (Å²) in [4.78, 5) is 2.36. The molecule has 0 amide bonds. The predicted octanol–water partition coefficient (Wildman–Crippen LogP) is 3.28. The zero-order valence-electron chi connectivity index (χ0n) is 11.2. The summed E-state index contributed by atoms with van der Waals surface area (Å²) in [5.41, 5.74) is 0.135. The number of β-amino-alcohol motifs (C(OH)–C–C–N with tert-alkyl or cyclic N) is 1. The molecule has 1 atom stereocenters. The first-order chi connectivity index (χ1) is 8.47. The molecule has 0 saturated carbocycles. The highest BCUT2D eigenvalue weighted by atomic mass is 35.5. The molecule has 1 aromatic rings. The van der Waals surface area contributed by atoms with Gasteiger partial charge in [0, 0.05) is 11.6 Å². The Balaban J connectivity index is 2.00. The van der Waals surface area contributed by atoms with E-state index in [1.165, 1.54) is 12.8 Å². The monoisotopic (exact) mass is 267 g/mol. The number of rotatable bonds is 3. The SMILES string of the molecule is CC1CCN(CC(C)(O)c2ccc(Cl)cc2)CC1. The molecule has 1 aromatic carbocycles. The third-order valence-corrected chi connectivity index (χ3v) is 4.13. The maximum absolute atomic E-state index is 10.6. The Morgan fingerprint density at radius 2 is 1.83 bits per heavy atom. The van der Waals surface area contributed by atoms with Crippen molar-refractivity contribution in [3.63, 3.8) is 0 Å². The molecule has 0 spiro atoms. The summed E-state index contributed by atoms with van der Waals surface area (Å²) in [5, 5.41) is 11.3. The Hall–Kier alpha value is -0.570. The van der Waals surface area contributed by atoms with Crippen molar-refractivity contribution >= 4 is 11.6 Å². The quantitative estimate of drug-likeness (QED) is 0.909. The second-order valence-electron chi connectivity index (χ2n) is 5.74. The molecule has 0 bridgehead atoms. The summed E-state index contributed by atoms with van der Waals surface area (Å²) in [5.74, 6) is 0.821. The first kappa shape index (κ1) is 13.9. The van der Waals surface area contributed by atoms with Gasteiger partial charge in [-0.15, -0.1) is 0 Å². The van der Waals surface area contributed by atoms with Gasteiger partial charge in [0.05, 0.1) is 5.60 Å². The van der Waals surface area contributed by atoms with Crippen LogP contribution in [0.4, 0.5) is 0 Å². The van der Waals surface area contributed by atoms with Crippen LogP contribution in [0.3, 0.4) is 0 Å². The summed E-state index contributed by atoms with van der Waals surface area (Å²) in [6, 6.07) is 7.50. The van der Waals surface area contributed by atoms with Crippen LogP contribution in [-0.2, 0) is 5.60 Å². The van der Waals surface area contributed by atoms with E-state index in [0.717, 1.165) is 24.6 Å². The minimum Gasteiger partial charge on any atom is -0.384 e. The van der Waals surface area contributed by atoms with Gasteiger partial charge in [-0.3, -0.25) is 0 Å². The van der Waals surface area contributed by atoms with Gasteiger partial charge in [0.15, 0.2) is 0 Å². The molecule has 2 nitrogen and oxygen atoms in total. The summed E-state index contributed by atoms with van der Waals surface area (Å²) in [6.07, 6.45) is 2.47. The average Bonchev–Trinajstić information content (AvgIpc) is 2.32. The molecular formula is C15H22ClNO. The van der Waals surface area contributed by atoms with Gasteiger partial charge in [-0.25, -0.2) is 0 Å². The molecule has 1 fully saturated rings. The zero-order chi connectivity index (χ0) is 13.2. The number of halogens is 1. The molecule has 0 aliphatic carbocycles. The number of hydrogen-bond acceptors (Lipinski definition) is 2. The maximum Gasteiger partial charge on any atom is 0.0994 e. The van der Waals surface area contributed by atoms with E-state index in [9.17, 15) is 5.11 Å². The topological polar surface area (TPSA) is 23.5 Å². The average molecular weight is 268 g/mol. The van der Waals surface area contributed by atoms with Crippen molar-refractivity contribution in [2.75, 3.05) is 19.6 Å². The van der Waals surface area contributed by atoms with Crippen molar-refractivity contribution in [2.24, 2.45) is 5.92 Å². The van der Waals surface area contributed by atoms with Crippen molar-refractivity contribution in [3.8, 4) is 0 Å². The van der Waals surface area contributed by atoms with E-state index in [2.05, 4.69) is 11.8 Å². The first-order valence-corrected chi connectivity index (χ1v) is 7.06. The molecule has 1 aliphatic heterocycles. The van der Waals surface area contributed by atoms with Crippen LogP contribution in [0, 0.1) is 5.92 Å². The standard InChI is InChI=1S/C15H22ClNO/c1-12-7-9-17(10-8-12)11-15(2,18)13-3-5-14(16)6-4-13/h3-6,12,18H,7-11H2,1-2H3. The van der Waals surface area contributed by atoms with Crippen LogP contribution in [0.1, 0.15) is 32.3 Å². The van der Waals surface area contributed by atoms with Crippen LogP contribution in [-0.4, -0.2) is 29.6 Å². The number of piperidine rings is 1. The highest BCUT2D eigenvalue weighted by Gasteiger charge is 2.27. The molecule has 100 valence electrons. The van der Waals surface area contributed by atoms with Crippen LogP contribution in [0.15, 0.2) is 24.3 Å². The smallest absolute Gasteiger partial charge is 0.0994 e. The first-order valence-electron chi connectivity index (χ1n) is 6.68. The van der Waals surface area contributed by atoms with Gasteiger partial charge >= 0.3 is 0 Å². The Bertz CT molecular complexity index is 380. The highest BCUT2D eigenvalue weighted by molar-refractivity contribution is 6.30. The second kappa shape index (κ2) is 5.60. The van der Waals surface area contributed by atoms with Gasteiger partial charge in [0.25, 0.3) is 0 Å². The van der Waals surface area contributed by atoms with Crippen molar-refractivity contribution in [1.82, 2.24) is 4.90 Å². The lowest BCUT2D eigenvalue weighted by atomic mass is 9.93. The van der Waals surface area contributed by atoms with Crippen LogP contribution >= 0.6 is 11.6 Å². The van der Waals surface area contributed by atoms with E-state index in [4.69, 9.17) is 11.6 Å². The van der Waals surface area contributed by atoms with E-state index < -0.39 is 5.60 Å². The summed E-state index contributed by atoms with van der Waals surface area (Å²) < 4.78 is 0. The number of likely N-dealkylation sites (tertiary alicyclic amines) is 1. The van der Waals surface area contributed by atoms with Crippen molar-refractivity contribution in [3.05, 3.63) is 34.9 Å². The Morgan fingerprint density at radius 1 is 1.28 bits per heavy atom. The fourth-order valence-corrected chi connectivity index (χ4v) is 2.68. The molecule has 1 unspecified atom stereocenters. The van der Waals surface area contributed by atoms with E-state index >= 15 is 0 Å². The van der Waals surface area contributed by atoms with Gasteiger partial charge in [0.1, 0.15) is 0 Å². The number of benzene rings is 1. The molecule has 2 rings (SSSR count). The van der Waals surface area contributed by atoms with E-state index in [0.29, 0.717) is 11.6 Å². The Kier molecular flexibility index (Phi) is 4.31. The number of nitrogens with zero attached hydrogens (tertiary/aromatic N) is 1. The Morgan fingerprint density at radius 3 is 2.39 bits per heavy atom. The number of aliphatic hydroxyl groups is 1. The number of hydrogen-bond donors (Lipinski definition) is 1. The molecule has 0 radical (unpaired) electrons. The fraction of sp³-hybridized carbons (Fsp3) is 0.600. The minimum atomic E-state index is -0.800. The van der Waals surface area contributed by atoms with Crippen LogP contribution < -0.4 is 0 Å². The van der Waals surface area contributed by atoms with Gasteiger partial charge < -0.3 is 10.0 Å². The predicted molar refractivity (Wildman–Crippen MR) is 75.9 cm³/mol. The van der Waals surface area contributed by atoms with E-state index in [1.807, 2.05) is 31.2 Å². The largest absolute Gasteiger partial charge is 0.384 e. The lowest BCUT2D eigenvalue weighted by Gasteiger charge is -2.36. The van der Waals surface area contributed by atoms with Crippen molar-refractivity contribution in [1.29, 1.82) is 0 Å². The van der Waals surface area contributed by atoms with Gasteiger partial charge in [-0.2, -0.15) is 0 Å². The maximum atomic E-state index is 10.6. The lowest BCUT2D eigenvalue weighted by molar-refractivity contribution is 0.00656. The molecule has 1 aliphatic rings. The Labute approximate surface area is 115 Å². The molecule has 18 heavy (non-hydrogen) atoms.